The van der Waals surface area contributed by atoms with Crippen LogP contribution < -0.4 is 11.1 Å². The number of ether oxygens (including phenoxy) is 1. The van der Waals surface area contributed by atoms with Gasteiger partial charge < -0.3 is 20.7 Å². The van der Waals surface area contributed by atoms with Crippen LogP contribution in [0, 0.1) is 0 Å². The highest BCUT2D eigenvalue weighted by molar-refractivity contribution is 7.11. The Bertz CT molecular complexity index is 457. The van der Waals surface area contributed by atoms with Crippen LogP contribution in [0.25, 0.3) is 0 Å². The minimum Gasteiger partial charge on any atom is -0.465 e. The van der Waals surface area contributed by atoms with Crippen molar-refractivity contribution in [2.24, 2.45) is 0 Å². The second-order valence-electron chi connectivity index (χ2n) is 3.68. The van der Waals surface area contributed by atoms with E-state index in [1.54, 1.807) is 4.90 Å². The van der Waals surface area contributed by atoms with E-state index in [4.69, 9.17) is 5.73 Å². The van der Waals surface area contributed by atoms with Crippen molar-refractivity contribution in [3.8, 4) is 0 Å². The molecule has 0 bridgehead atoms. The molecule has 0 saturated heterocycles. The molecular weight excluding hydrogens is 268 g/mol. The summed E-state index contributed by atoms with van der Waals surface area (Å²) in [6, 6.07) is 0. The number of aromatic nitrogens is 1. The van der Waals surface area contributed by atoms with Crippen LogP contribution in [0.3, 0.4) is 0 Å². The largest absolute Gasteiger partial charge is 0.465 e. The predicted octanol–water partition coefficient (Wildman–Crippen LogP) is 0.792. The van der Waals surface area contributed by atoms with E-state index in [9.17, 15) is 9.59 Å². The number of anilines is 2. The Labute approximate surface area is 115 Å². The molecule has 8 heteroatoms. The van der Waals surface area contributed by atoms with Crippen molar-refractivity contribution >= 4 is 34.2 Å². The molecule has 1 aromatic rings. The van der Waals surface area contributed by atoms with Gasteiger partial charge in [0.25, 0.3) is 0 Å². The zero-order chi connectivity index (χ0) is 14.4. The maximum Gasteiger partial charge on any atom is 0.344 e. The molecule has 0 radical (unpaired) electrons. The van der Waals surface area contributed by atoms with Gasteiger partial charge in [-0.1, -0.05) is 0 Å². The molecule has 1 aromatic heterocycles. The molecule has 0 fully saturated rings. The highest BCUT2D eigenvalue weighted by Gasteiger charge is 2.20. The van der Waals surface area contributed by atoms with Gasteiger partial charge in [0.05, 0.1) is 13.7 Å². The maximum atomic E-state index is 11.8. The van der Waals surface area contributed by atoms with Crippen molar-refractivity contribution < 1.29 is 14.3 Å². The lowest BCUT2D eigenvalue weighted by Gasteiger charge is -2.18. The van der Waals surface area contributed by atoms with Crippen LogP contribution in [0.2, 0.25) is 0 Å². The van der Waals surface area contributed by atoms with Gasteiger partial charge in [-0.3, -0.25) is 4.79 Å². The van der Waals surface area contributed by atoms with Gasteiger partial charge in [-0.25, -0.2) is 4.79 Å². The van der Waals surface area contributed by atoms with E-state index >= 15 is 0 Å². The summed E-state index contributed by atoms with van der Waals surface area (Å²) in [5.74, 6) is -0.508. The number of nitrogen functional groups attached to an aromatic ring is 1. The number of nitrogens with two attached hydrogens (primary N) is 1. The monoisotopic (exact) mass is 286 g/mol. The lowest BCUT2D eigenvalue weighted by molar-refractivity contribution is -0.128. The van der Waals surface area contributed by atoms with Gasteiger partial charge in [0.2, 0.25) is 5.91 Å². The molecule has 1 heterocycles. The maximum absolute atomic E-state index is 11.8. The van der Waals surface area contributed by atoms with Gasteiger partial charge >= 0.3 is 5.97 Å². The van der Waals surface area contributed by atoms with Crippen LogP contribution in [0.4, 0.5) is 10.8 Å². The third-order valence-electron chi connectivity index (χ3n) is 2.62. The first-order chi connectivity index (χ1) is 9.04. The molecule has 0 saturated carbocycles. The van der Waals surface area contributed by atoms with Gasteiger partial charge in [-0.15, -0.1) is 0 Å². The number of amides is 1. The summed E-state index contributed by atoms with van der Waals surface area (Å²) in [5.41, 5.74) is 5.78. The average molecular weight is 286 g/mol. The Morgan fingerprint density at radius 1 is 1.42 bits per heavy atom. The lowest BCUT2D eigenvalue weighted by Crippen LogP contribution is -2.35. The van der Waals surface area contributed by atoms with Crippen molar-refractivity contribution in [3.63, 3.8) is 0 Å². The Hall–Kier alpha value is -1.83. The van der Waals surface area contributed by atoms with Gasteiger partial charge in [0, 0.05) is 13.1 Å². The fourth-order valence-electron chi connectivity index (χ4n) is 1.57. The number of hydrogen-bond acceptors (Lipinski definition) is 7. The third-order valence-corrected chi connectivity index (χ3v) is 3.44. The molecule has 0 atom stereocenters. The molecule has 1 rings (SSSR count). The van der Waals surface area contributed by atoms with Crippen molar-refractivity contribution in [3.05, 3.63) is 5.56 Å². The van der Waals surface area contributed by atoms with Crippen molar-refractivity contribution in [1.82, 2.24) is 9.27 Å². The third kappa shape index (κ3) is 3.57. The topological polar surface area (TPSA) is 97.5 Å². The minimum absolute atomic E-state index is 0.0483. The van der Waals surface area contributed by atoms with Crippen molar-refractivity contribution in [2.75, 3.05) is 37.8 Å². The van der Waals surface area contributed by atoms with Gasteiger partial charge in [-0.05, 0) is 25.4 Å². The molecule has 0 aliphatic carbocycles. The van der Waals surface area contributed by atoms with Gasteiger partial charge in [0.15, 0.2) is 5.82 Å². The SMILES string of the molecule is CCN(CC)C(=O)CNc1snc(N)c1C(=O)OC. The molecule has 0 unspecified atom stereocenters. The molecule has 0 spiro atoms. The standard InChI is InChI=1S/C11H18N4O3S/c1-4-15(5-2)7(16)6-13-10-8(11(17)18-3)9(12)14-19-10/h13H,4-6H2,1-3H3,(H2,12,14). The number of hydrogen-bond donors (Lipinski definition) is 2. The van der Waals surface area contributed by atoms with E-state index in [0.717, 1.165) is 11.5 Å². The summed E-state index contributed by atoms with van der Waals surface area (Å²) in [6.45, 7) is 5.20. The molecule has 0 aliphatic heterocycles. The highest BCUT2D eigenvalue weighted by atomic mass is 32.1. The van der Waals surface area contributed by atoms with Crippen LogP contribution in [-0.4, -0.2) is 47.9 Å². The number of likely N-dealkylation sites (N-methyl/N-ethyl adjacent to an activating group) is 1. The molecule has 0 aromatic carbocycles. The van der Waals surface area contributed by atoms with E-state index < -0.39 is 5.97 Å². The minimum atomic E-state index is -0.566. The number of esters is 1. The number of rotatable bonds is 6. The zero-order valence-electron chi connectivity index (χ0n) is 11.2. The Kier molecular flexibility index (Phi) is 5.56. The van der Waals surface area contributed by atoms with Gasteiger partial charge in [0.1, 0.15) is 10.6 Å². The smallest absolute Gasteiger partial charge is 0.344 e. The van der Waals surface area contributed by atoms with E-state index in [1.165, 1.54) is 7.11 Å². The zero-order valence-corrected chi connectivity index (χ0v) is 12.0. The molecule has 1 amide bonds. The molecule has 106 valence electrons. The van der Waals surface area contributed by atoms with Crippen LogP contribution in [0.5, 0.6) is 0 Å². The number of nitrogens with one attached hydrogen (secondary N) is 1. The van der Waals surface area contributed by atoms with Gasteiger partial charge in [-0.2, -0.15) is 4.37 Å². The molecule has 19 heavy (non-hydrogen) atoms. The summed E-state index contributed by atoms with van der Waals surface area (Å²) in [5, 5.41) is 3.33. The Balaban J connectivity index is 2.73. The quantitative estimate of drug-likeness (QED) is 0.750. The van der Waals surface area contributed by atoms with Crippen LogP contribution in [0.1, 0.15) is 24.2 Å². The van der Waals surface area contributed by atoms with E-state index in [-0.39, 0.29) is 23.8 Å². The summed E-state index contributed by atoms with van der Waals surface area (Å²) >= 11 is 1.03. The van der Waals surface area contributed by atoms with E-state index in [1.807, 2.05) is 13.8 Å². The highest BCUT2D eigenvalue weighted by Crippen LogP contribution is 2.27. The molecule has 0 aliphatic rings. The summed E-state index contributed by atoms with van der Waals surface area (Å²) in [4.78, 5) is 25.1. The second kappa shape index (κ2) is 6.93. The molecular formula is C11H18N4O3S. The Morgan fingerprint density at radius 3 is 2.58 bits per heavy atom. The average Bonchev–Trinajstić information content (AvgIpc) is 2.78. The number of nitrogens with zero attached hydrogens (tertiary/aromatic N) is 2. The Morgan fingerprint density at radius 2 is 2.05 bits per heavy atom. The second-order valence-corrected chi connectivity index (χ2v) is 4.46. The summed E-state index contributed by atoms with van der Waals surface area (Å²) in [7, 11) is 1.27. The van der Waals surface area contributed by atoms with Crippen LogP contribution in [0.15, 0.2) is 0 Å². The van der Waals surface area contributed by atoms with Crippen LogP contribution in [-0.2, 0) is 9.53 Å². The van der Waals surface area contributed by atoms with Crippen molar-refractivity contribution in [2.45, 2.75) is 13.8 Å². The van der Waals surface area contributed by atoms with E-state index in [2.05, 4.69) is 14.4 Å². The lowest BCUT2D eigenvalue weighted by atomic mass is 10.3. The summed E-state index contributed by atoms with van der Waals surface area (Å²) in [6.07, 6.45) is 0. The van der Waals surface area contributed by atoms with E-state index in [0.29, 0.717) is 18.1 Å². The first kappa shape index (κ1) is 15.2. The number of carbonyl (C=O) groups excluding carboxylic acids is 2. The number of methoxy groups -OCH3 is 1. The normalized spacial score (nSPS) is 10.1. The van der Waals surface area contributed by atoms with Crippen molar-refractivity contribution in [1.29, 1.82) is 0 Å². The fourth-order valence-corrected chi connectivity index (χ4v) is 2.26. The van der Waals surface area contributed by atoms with Crippen LogP contribution >= 0.6 is 11.5 Å². The molecule has 3 N–H and O–H groups in total. The predicted molar refractivity (Wildman–Crippen MR) is 74.3 cm³/mol. The fraction of sp³-hybridized carbons (Fsp3) is 0.545. The first-order valence-corrected chi connectivity index (χ1v) is 6.67. The first-order valence-electron chi connectivity index (χ1n) is 5.90. The summed E-state index contributed by atoms with van der Waals surface area (Å²) < 4.78 is 8.51. The molecule has 7 nitrogen and oxygen atoms in total. The number of carbonyl (C=O) groups is 2.